The Morgan fingerprint density at radius 3 is 1.35 bits per heavy atom. The van der Waals surface area contributed by atoms with E-state index in [4.69, 9.17) is 18.9 Å². The van der Waals surface area contributed by atoms with Gasteiger partial charge in [-0.05, 0) is 54.4 Å². The van der Waals surface area contributed by atoms with Crippen LogP contribution in [0.1, 0.15) is 88.0 Å². The van der Waals surface area contributed by atoms with Gasteiger partial charge in [-0.3, -0.25) is 14.4 Å². The number of aliphatic hydroxyl groups excluding tert-OH is 7. The lowest BCUT2D eigenvalue weighted by atomic mass is 9.95. The molecule has 0 spiro atoms. The number of aliphatic hydroxyl groups is 7. The van der Waals surface area contributed by atoms with E-state index < -0.39 is 128 Å². The molecule has 0 aromatic rings. The first-order valence-electron chi connectivity index (χ1n) is 18.2. The number of hydrogen-bond acceptors (Lipinski definition) is 16. The highest BCUT2D eigenvalue weighted by Crippen LogP contribution is 2.22. The van der Waals surface area contributed by atoms with Gasteiger partial charge in [0.2, 0.25) is 17.7 Å². The molecule has 21 nitrogen and oxygen atoms in total. The van der Waals surface area contributed by atoms with Gasteiger partial charge in [0.1, 0.15) is 72.1 Å². The zero-order chi connectivity index (χ0) is 42.4. The predicted octanol–water partition coefficient (Wildman–Crippen LogP) is -2.66. The number of amides is 5. The summed E-state index contributed by atoms with van der Waals surface area (Å²) in [6.45, 7) is 13.8. The molecular weight excluding hydrogens is 734 g/mol. The van der Waals surface area contributed by atoms with Crippen LogP contribution in [0.25, 0.3) is 0 Å². The van der Waals surface area contributed by atoms with E-state index in [0.717, 1.165) is 0 Å². The Balaban J connectivity index is 0.000000553. The highest BCUT2D eigenvalue weighted by molar-refractivity contribution is 5.86. The number of nitrogens with one attached hydrogen (secondary N) is 5. The van der Waals surface area contributed by atoms with Crippen LogP contribution >= 0.6 is 0 Å². The number of hydrogen-bond donors (Lipinski definition) is 12. The number of alkyl carbamates (subject to hydrolysis) is 2. The zero-order valence-corrected chi connectivity index (χ0v) is 33.0. The molecule has 2 heterocycles. The van der Waals surface area contributed by atoms with Gasteiger partial charge in [0.05, 0.1) is 13.2 Å². The number of ether oxygens (including phenoxy) is 4. The molecule has 2 aliphatic rings. The summed E-state index contributed by atoms with van der Waals surface area (Å²) in [7, 11) is 0. The second-order valence-electron chi connectivity index (χ2n) is 15.2. The topological polar surface area (TPSA) is 324 Å². The summed E-state index contributed by atoms with van der Waals surface area (Å²) >= 11 is 0. The maximum Gasteiger partial charge on any atom is 0.408 e. The predicted molar refractivity (Wildman–Crippen MR) is 192 cm³/mol. The molecular formula is C34H63N5O16. The van der Waals surface area contributed by atoms with E-state index in [1.54, 1.807) is 41.5 Å². The summed E-state index contributed by atoms with van der Waals surface area (Å²) in [6.07, 6.45) is -12.3. The fraction of sp³-hybridized carbons (Fsp3) is 0.853. The molecule has 55 heavy (non-hydrogen) atoms. The van der Waals surface area contributed by atoms with Crippen molar-refractivity contribution in [2.75, 3.05) is 13.2 Å². The molecule has 0 aromatic carbocycles. The van der Waals surface area contributed by atoms with Crippen molar-refractivity contribution < 1.29 is 78.7 Å². The van der Waals surface area contributed by atoms with Gasteiger partial charge < -0.3 is 81.3 Å². The fourth-order valence-electron chi connectivity index (χ4n) is 5.35. The largest absolute Gasteiger partial charge is 0.444 e. The van der Waals surface area contributed by atoms with Crippen LogP contribution < -0.4 is 26.6 Å². The van der Waals surface area contributed by atoms with E-state index >= 15 is 0 Å². The van der Waals surface area contributed by atoms with Crippen molar-refractivity contribution in [2.45, 2.75) is 173 Å². The molecule has 2 rings (SSSR count). The van der Waals surface area contributed by atoms with Gasteiger partial charge in [-0.15, -0.1) is 0 Å². The Kier molecular flexibility index (Phi) is 20.2. The van der Waals surface area contributed by atoms with E-state index in [2.05, 4.69) is 26.6 Å². The lowest BCUT2D eigenvalue weighted by molar-refractivity contribution is -0.236. The summed E-state index contributed by atoms with van der Waals surface area (Å²) in [5.74, 6) is -1.79. The Morgan fingerprint density at radius 1 is 0.600 bits per heavy atom. The Morgan fingerprint density at radius 2 is 0.982 bits per heavy atom. The van der Waals surface area contributed by atoms with Crippen molar-refractivity contribution in [3.8, 4) is 0 Å². The molecule has 2 saturated heterocycles. The zero-order valence-electron chi connectivity index (χ0n) is 33.0. The van der Waals surface area contributed by atoms with Crippen molar-refractivity contribution in [1.82, 2.24) is 26.6 Å². The molecule has 5 amide bonds. The van der Waals surface area contributed by atoms with Crippen LogP contribution in [-0.4, -0.2) is 163 Å². The van der Waals surface area contributed by atoms with Crippen LogP contribution in [0.5, 0.6) is 0 Å². The summed E-state index contributed by atoms with van der Waals surface area (Å²) in [6, 6.07) is -3.05. The molecule has 2 fully saturated rings. The van der Waals surface area contributed by atoms with E-state index in [-0.39, 0.29) is 0 Å². The third-order valence-corrected chi connectivity index (χ3v) is 7.93. The molecule has 0 aliphatic carbocycles. The molecule has 2 aliphatic heterocycles. The van der Waals surface area contributed by atoms with E-state index in [9.17, 15) is 59.7 Å². The van der Waals surface area contributed by atoms with Crippen molar-refractivity contribution in [3.05, 3.63) is 0 Å². The Hall–Kier alpha value is -3.41. The van der Waals surface area contributed by atoms with Gasteiger partial charge in [0.15, 0.2) is 12.5 Å². The van der Waals surface area contributed by atoms with Crippen LogP contribution in [0.3, 0.4) is 0 Å². The average molecular weight is 798 g/mol. The van der Waals surface area contributed by atoms with Crippen LogP contribution in [0.4, 0.5) is 9.59 Å². The summed E-state index contributed by atoms with van der Waals surface area (Å²) in [5, 5.41) is 80.6. The molecule has 0 saturated carbocycles. The molecule has 12 unspecified atom stereocenters. The van der Waals surface area contributed by atoms with Crippen molar-refractivity contribution in [2.24, 2.45) is 0 Å². The third kappa shape index (κ3) is 16.7. The lowest BCUT2D eigenvalue weighted by Crippen LogP contribution is -2.69. The van der Waals surface area contributed by atoms with Crippen molar-refractivity contribution in [1.29, 1.82) is 0 Å². The second kappa shape index (κ2) is 22.4. The second-order valence-corrected chi connectivity index (χ2v) is 15.2. The maximum atomic E-state index is 12.7. The molecule has 320 valence electrons. The van der Waals surface area contributed by atoms with Crippen LogP contribution in [-0.2, 0) is 33.3 Å². The normalized spacial score (nSPS) is 29.2. The van der Waals surface area contributed by atoms with Crippen molar-refractivity contribution >= 4 is 29.9 Å². The summed E-state index contributed by atoms with van der Waals surface area (Å²) in [5.41, 5.74) is -1.47. The first-order chi connectivity index (χ1) is 25.4. The molecule has 0 radical (unpaired) electrons. The molecule has 0 aromatic heterocycles. The highest BCUT2D eigenvalue weighted by Gasteiger charge is 2.46. The Bertz CT molecular complexity index is 1240. The van der Waals surface area contributed by atoms with E-state index in [1.807, 2.05) is 13.8 Å². The van der Waals surface area contributed by atoms with Gasteiger partial charge in [-0.2, -0.15) is 0 Å². The molecule has 0 bridgehead atoms. The minimum Gasteiger partial charge on any atom is -0.444 e. The Labute approximate surface area is 320 Å². The van der Waals surface area contributed by atoms with Gasteiger partial charge in [0, 0.05) is 6.92 Å². The van der Waals surface area contributed by atoms with Gasteiger partial charge in [-0.1, -0.05) is 26.7 Å². The van der Waals surface area contributed by atoms with E-state index in [0.29, 0.717) is 25.7 Å². The summed E-state index contributed by atoms with van der Waals surface area (Å²) in [4.78, 5) is 60.6. The highest BCUT2D eigenvalue weighted by atomic mass is 16.6. The van der Waals surface area contributed by atoms with Gasteiger partial charge in [-0.25, -0.2) is 9.59 Å². The lowest BCUT2D eigenvalue weighted by Gasteiger charge is -2.43. The smallest absolute Gasteiger partial charge is 0.408 e. The fourth-order valence-corrected chi connectivity index (χ4v) is 5.35. The number of carbonyl (C=O) groups is 5. The van der Waals surface area contributed by atoms with Crippen molar-refractivity contribution in [3.63, 3.8) is 0 Å². The monoisotopic (exact) mass is 797 g/mol. The van der Waals surface area contributed by atoms with E-state index in [1.165, 1.54) is 6.92 Å². The average Bonchev–Trinajstić information content (AvgIpc) is 3.06. The number of carbonyl (C=O) groups excluding carboxylic acids is 5. The SMILES string of the molecule is CCCC(NC(=O)OC(C)(C)C)C(=O)NC1OC(CO)C(O)C(O)C1NC(C)=O.CCCC(NC(=O)OC(C)(C)C)C(=O)NC1OC(CO)C(O)C(O)C1O. The van der Waals surface area contributed by atoms with Crippen LogP contribution in [0.2, 0.25) is 0 Å². The first-order valence-corrected chi connectivity index (χ1v) is 18.2. The first kappa shape index (κ1) is 49.6. The summed E-state index contributed by atoms with van der Waals surface area (Å²) < 4.78 is 21.0. The standard InChI is InChI=1S/C18H33N3O8.C16H30N2O8/c1-6-7-10(20-17(27)29-18(3,4)5)15(26)21-16-12(19-9(2)23)14(25)13(24)11(8-22)28-16;1-5-6-8(17-15(24)26-16(2,3)4)13(23)18-14-12(22)11(21)10(20)9(7-19)25-14/h10-14,16,22,24-25H,6-8H2,1-5H3,(H,19,23)(H,20,27)(H,21,26);8-12,14,19-22H,5-7H2,1-4H3,(H,17,24)(H,18,23). The molecule has 21 heteroatoms. The van der Waals surface area contributed by atoms with Crippen LogP contribution in [0, 0.1) is 0 Å². The van der Waals surface area contributed by atoms with Crippen LogP contribution in [0.15, 0.2) is 0 Å². The minimum atomic E-state index is -1.60. The number of rotatable bonds is 13. The van der Waals surface area contributed by atoms with Gasteiger partial charge in [0.25, 0.3) is 0 Å². The minimum absolute atomic E-state index is 0.303. The maximum absolute atomic E-state index is 12.7. The molecule has 12 N–H and O–H groups in total. The molecule has 12 atom stereocenters. The third-order valence-electron chi connectivity index (χ3n) is 7.93. The quantitative estimate of drug-likeness (QED) is 0.0905. The van der Waals surface area contributed by atoms with Gasteiger partial charge >= 0.3 is 12.2 Å².